The number of nitrogens with one attached hydrogen (secondary N) is 2. The van der Waals surface area contributed by atoms with Crippen LogP contribution in [0.25, 0.3) is 0 Å². The highest BCUT2D eigenvalue weighted by atomic mass is 16.5. The predicted octanol–water partition coefficient (Wildman–Crippen LogP) is 2.35. The Labute approximate surface area is 126 Å². The molecule has 1 rings (SSSR count). The van der Waals surface area contributed by atoms with Crippen molar-refractivity contribution in [2.24, 2.45) is 0 Å². The van der Waals surface area contributed by atoms with Gasteiger partial charge in [0.05, 0.1) is 0 Å². The Hall–Kier alpha value is -1.75. The summed E-state index contributed by atoms with van der Waals surface area (Å²) in [7, 11) is 0. The molecule has 0 spiro atoms. The van der Waals surface area contributed by atoms with E-state index >= 15 is 0 Å². The van der Waals surface area contributed by atoms with E-state index in [4.69, 9.17) is 9.84 Å². The molecule has 0 aliphatic rings. The van der Waals surface area contributed by atoms with Gasteiger partial charge in [-0.1, -0.05) is 12.1 Å². The summed E-state index contributed by atoms with van der Waals surface area (Å²) in [6.07, 6.45) is 0.552. The summed E-state index contributed by atoms with van der Waals surface area (Å²) in [5.74, 6) is 0.790. The summed E-state index contributed by atoms with van der Waals surface area (Å²) in [5.41, 5.74) is 1.77. The fourth-order valence-electron chi connectivity index (χ4n) is 1.75. The maximum absolute atomic E-state index is 11.6. The molecule has 0 aliphatic heterocycles. The average Bonchev–Trinajstić information content (AvgIpc) is 2.36. The Balaban J connectivity index is 2.63. The summed E-state index contributed by atoms with van der Waals surface area (Å²) in [5, 5.41) is 14.1. The first-order chi connectivity index (χ1) is 9.81. The van der Waals surface area contributed by atoms with E-state index in [1.54, 1.807) is 0 Å². The molecule has 0 unspecified atom stereocenters. The summed E-state index contributed by atoms with van der Waals surface area (Å²) in [6.45, 7) is 8.92. The Morgan fingerprint density at radius 2 is 2.00 bits per heavy atom. The number of benzene rings is 1. The minimum atomic E-state index is -0.286. The van der Waals surface area contributed by atoms with Crippen LogP contribution in [0.4, 0.5) is 4.79 Å². The van der Waals surface area contributed by atoms with E-state index in [-0.39, 0.29) is 18.2 Å². The molecule has 21 heavy (non-hydrogen) atoms. The molecule has 0 saturated heterocycles. The second-order valence-corrected chi connectivity index (χ2v) is 6.01. The number of aliphatic hydroxyl groups is 1. The second kappa shape index (κ2) is 7.88. The smallest absolute Gasteiger partial charge is 0.315 e. The quantitative estimate of drug-likeness (QED) is 0.705. The van der Waals surface area contributed by atoms with Gasteiger partial charge in [-0.05, 0) is 45.7 Å². The van der Waals surface area contributed by atoms with E-state index in [9.17, 15) is 4.79 Å². The van der Waals surface area contributed by atoms with Gasteiger partial charge in [-0.3, -0.25) is 0 Å². The van der Waals surface area contributed by atoms with Gasteiger partial charge >= 0.3 is 6.03 Å². The summed E-state index contributed by atoms with van der Waals surface area (Å²) < 4.78 is 5.94. The number of rotatable bonds is 6. The highest BCUT2D eigenvalue weighted by molar-refractivity contribution is 5.73. The van der Waals surface area contributed by atoms with Gasteiger partial charge in [0, 0.05) is 25.3 Å². The van der Waals surface area contributed by atoms with E-state index < -0.39 is 0 Å². The normalized spacial score (nSPS) is 11.1. The average molecular weight is 294 g/mol. The molecule has 5 nitrogen and oxygen atoms in total. The molecule has 5 heteroatoms. The summed E-state index contributed by atoms with van der Waals surface area (Å²) >= 11 is 0. The van der Waals surface area contributed by atoms with E-state index in [2.05, 4.69) is 10.6 Å². The van der Waals surface area contributed by atoms with Crippen molar-refractivity contribution in [3.05, 3.63) is 29.3 Å². The van der Waals surface area contributed by atoms with Crippen molar-refractivity contribution in [2.75, 3.05) is 13.2 Å². The van der Waals surface area contributed by atoms with Crippen LogP contribution in [0.3, 0.4) is 0 Å². The number of carbonyl (C=O) groups is 1. The molecule has 2 amide bonds. The van der Waals surface area contributed by atoms with Gasteiger partial charge in [0.2, 0.25) is 0 Å². The molecule has 0 atom stereocenters. The molecule has 0 saturated carbocycles. The van der Waals surface area contributed by atoms with Crippen molar-refractivity contribution in [3.63, 3.8) is 0 Å². The minimum Gasteiger partial charge on any atom is -0.488 e. The lowest BCUT2D eigenvalue weighted by atomic mass is 10.1. The second-order valence-electron chi connectivity index (χ2n) is 6.01. The minimum absolute atomic E-state index is 0.0712. The lowest BCUT2D eigenvalue weighted by Crippen LogP contribution is -2.36. The topological polar surface area (TPSA) is 70.6 Å². The zero-order valence-corrected chi connectivity index (χ0v) is 13.3. The van der Waals surface area contributed by atoms with Crippen LogP contribution in [0, 0.1) is 6.92 Å². The molecule has 0 aromatic heterocycles. The van der Waals surface area contributed by atoms with Gasteiger partial charge in [-0.15, -0.1) is 0 Å². The van der Waals surface area contributed by atoms with Crippen LogP contribution in [-0.4, -0.2) is 29.9 Å². The number of hydrogen-bond donors (Lipinski definition) is 3. The van der Waals surface area contributed by atoms with Crippen LogP contribution >= 0.6 is 0 Å². The zero-order valence-electron chi connectivity index (χ0n) is 13.3. The van der Waals surface area contributed by atoms with Crippen LogP contribution in [0.1, 0.15) is 38.3 Å². The van der Waals surface area contributed by atoms with E-state index in [0.717, 1.165) is 16.9 Å². The fraction of sp³-hybridized carbons (Fsp3) is 0.562. The molecule has 1 aromatic rings. The maximum atomic E-state index is 11.6. The first-order valence-electron chi connectivity index (χ1n) is 7.23. The van der Waals surface area contributed by atoms with Crippen LogP contribution in [-0.2, 0) is 6.54 Å². The lowest BCUT2D eigenvalue weighted by molar-refractivity contribution is 0.129. The van der Waals surface area contributed by atoms with Crippen molar-refractivity contribution in [1.82, 2.24) is 10.6 Å². The molecule has 0 heterocycles. The standard InChI is InChI=1S/C16H26N2O3/c1-12-6-7-13(14(10-12)21-16(2,3)4)11-18-15(20)17-8-5-9-19/h6-7,10,19H,5,8-9,11H2,1-4H3,(H2,17,18,20). The maximum Gasteiger partial charge on any atom is 0.315 e. The highest BCUT2D eigenvalue weighted by Gasteiger charge is 2.15. The molecule has 0 aliphatic carbocycles. The number of hydrogen-bond acceptors (Lipinski definition) is 3. The summed E-state index contributed by atoms with van der Waals surface area (Å²) in [6, 6.07) is 5.69. The van der Waals surface area contributed by atoms with Crippen molar-refractivity contribution in [3.8, 4) is 5.75 Å². The number of urea groups is 1. The Morgan fingerprint density at radius 1 is 1.29 bits per heavy atom. The molecule has 0 fully saturated rings. The number of carbonyl (C=O) groups excluding carboxylic acids is 1. The zero-order chi connectivity index (χ0) is 15.9. The largest absolute Gasteiger partial charge is 0.488 e. The van der Waals surface area contributed by atoms with Gasteiger partial charge in [-0.2, -0.15) is 0 Å². The van der Waals surface area contributed by atoms with E-state index in [0.29, 0.717) is 19.5 Å². The number of aliphatic hydroxyl groups excluding tert-OH is 1. The van der Waals surface area contributed by atoms with Crippen LogP contribution in [0.5, 0.6) is 5.75 Å². The molecular weight excluding hydrogens is 268 g/mol. The SMILES string of the molecule is Cc1ccc(CNC(=O)NCCCO)c(OC(C)(C)C)c1. The van der Waals surface area contributed by atoms with Gasteiger partial charge < -0.3 is 20.5 Å². The van der Waals surface area contributed by atoms with E-state index in [1.807, 2.05) is 45.9 Å². The number of aryl methyl sites for hydroxylation is 1. The predicted molar refractivity (Wildman–Crippen MR) is 83.5 cm³/mol. The summed E-state index contributed by atoms with van der Waals surface area (Å²) in [4.78, 5) is 11.6. The Kier molecular flexibility index (Phi) is 6.49. The first-order valence-corrected chi connectivity index (χ1v) is 7.23. The Morgan fingerprint density at radius 3 is 2.62 bits per heavy atom. The van der Waals surface area contributed by atoms with E-state index in [1.165, 1.54) is 0 Å². The third-order valence-corrected chi connectivity index (χ3v) is 2.70. The number of amides is 2. The van der Waals surface area contributed by atoms with Crippen LogP contribution in [0.2, 0.25) is 0 Å². The van der Waals surface area contributed by atoms with Crippen LogP contribution < -0.4 is 15.4 Å². The molecule has 0 bridgehead atoms. The van der Waals surface area contributed by atoms with Gasteiger partial charge in [0.15, 0.2) is 0 Å². The number of ether oxygens (including phenoxy) is 1. The molecule has 0 radical (unpaired) electrons. The Bertz CT molecular complexity index is 467. The third kappa shape index (κ3) is 6.99. The van der Waals surface area contributed by atoms with Crippen molar-refractivity contribution in [1.29, 1.82) is 0 Å². The molecule has 3 N–H and O–H groups in total. The van der Waals surface area contributed by atoms with Crippen LogP contribution in [0.15, 0.2) is 18.2 Å². The monoisotopic (exact) mass is 294 g/mol. The van der Waals surface area contributed by atoms with Gasteiger partial charge in [0.25, 0.3) is 0 Å². The lowest BCUT2D eigenvalue weighted by Gasteiger charge is -2.23. The van der Waals surface area contributed by atoms with Crippen molar-refractivity contribution >= 4 is 6.03 Å². The fourth-order valence-corrected chi connectivity index (χ4v) is 1.75. The van der Waals surface area contributed by atoms with Gasteiger partial charge in [-0.25, -0.2) is 4.79 Å². The molecular formula is C16H26N2O3. The molecule has 118 valence electrons. The molecule has 1 aromatic carbocycles. The first kappa shape index (κ1) is 17.3. The van der Waals surface area contributed by atoms with Gasteiger partial charge in [0.1, 0.15) is 11.4 Å². The van der Waals surface area contributed by atoms with Crippen molar-refractivity contribution < 1.29 is 14.6 Å². The highest BCUT2D eigenvalue weighted by Crippen LogP contribution is 2.24. The van der Waals surface area contributed by atoms with Crippen molar-refractivity contribution in [2.45, 2.75) is 46.3 Å². The third-order valence-electron chi connectivity index (χ3n) is 2.70.